The molecular weight excluding hydrogens is 104 g/mol. The van der Waals surface area contributed by atoms with Crippen molar-refractivity contribution < 1.29 is 5.11 Å². The maximum Gasteiger partial charge on any atom is 0.206 e. The second-order valence-electron chi connectivity index (χ2n) is 1.49. The first-order valence-electron chi connectivity index (χ1n) is 2.35. The van der Waals surface area contributed by atoms with E-state index in [4.69, 9.17) is 5.11 Å². The highest BCUT2D eigenvalue weighted by atomic mass is 16.3. The molecule has 1 aromatic heterocycles. The lowest BCUT2D eigenvalue weighted by Gasteiger charge is -1.76. The van der Waals surface area contributed by atoms with Crippen molar-refractivity contribution in [3.05, 3.63) is 18.7 Å². The molecule has 1 heterocycles. The van der Waals surface area contributed by atoms with E-state index in [1.165, 1.54) is 0 Å². The lowest BCUT2D eigenvalue weighted by Crippen LogP contribution is -1.76. The molecule has 1 aromatic rings. The van der Waals surface area contributed by atoms with Crippen molar-refractivity contribution in [3.63, 3.8) is 0 Å². The topological polar surface area (TPSA) is 48.9 Å². The smallest absolute Gasteiger partial charge is 0.206 e. The van der Waals surface area contributed by atoms with Gasteiger partial charge in [0, 0.05) is 6.07 Å². The Labute approximate surface area is 47.4 Å². The molecule has 3 nitrogen and oxygen atoms in total. The quantitative estimate of drug-likeness (QED) is 0.554. The molecule has 0 fully saturated rings. The summed E-state index contributed by atoms with van der Waals surface area (Å²) in [5.74, 6) is 0.101. The van der Waals surface area contributed by atoms with Crippen LogP contribution in [0, 0.1) is 6.92 Å². The molecule has 0 aromatic carbocycles. The van der Waals surface area contributed by atoms with E-state index in [9.17, 15) is 0 Å². The highest BCUT2D eigenvalue weighted by molar-refractivity contribution is 5.12. The summed E-state index contributed by atoms with van der Waals surface area (Å²) < 4.78 is 0. The Morgan fingerprint density at radius 3 is 2.88 bits per heavy atom. The van der Waals surface area contributed by atoms with Gasteiger partial charge in [0.2, 0.25) is 5.88 Å². The summed E-state index contributed by atoms with van der Waals surface area (Å²) in [6, 6.07) is 1.55. The highest BCUT2D eigenvalue weighted by Crippen LogP contribution is 2.03. The monoisotopic (exact) mass is 111 g/mol. The van der Waals surface area contributed by atoms with Gasteiger partial charge in [-0.3, -0.25) is 0 Å². The van der Waals surface area contributed by atoms with Gasteiger partial charge in [-0.05, 0) is 13.3 Å². The fraction of sp³-hybridized carbons (Fsp3) is 0.200. The van der Waals surface area contributed by atoms with E-state index in [0.29, 0.717) is 6.42 Å². The molecule has 43 valence electrons. The van der Waals surface area contributed by atoms with Crippen molar-refractivity contribution in [3.8, 4) is 5.88 Å². The van der Waals surface area contributed by atoms with Crippen molar-refractivity contribution in [2.75, 3.05) is 0 Å². The first kappa shape index (κ1) is 5.15. The summed E-state index contributed by atoms with van der Waals surface area (Å²) in [7, 11) is 0. The number of nitrogens with zero attached hydrogens (tertiary/aromatic N) is 1. The van der Waals surface area contributed by atoms with Crippen LogP contribution >= 0.6 is 0 Å². The number of aromatic hydroxyl groups is 1. The number of aromatic nitrogens is 2. The summed E-state index contributed by atoms with van der Waals surface area (Å²) >= 11 is 0. The second kappa shape index (κ2) is 1.86. The third-order valence-electron chi connectivity index (χ3n) is 0.874. The van der Waals surface area contributed by atoms with E-state index in [0.717, 1.165) is 5.69 Å². The van der Waals surface area contributed by atoms with Gasteiger partial charge in [0.25, 0.3) is 0 Å². The third kappa shape index (κ3) is 0.804. The molecule has 1 rings (SSSR count). The minimum Gasteiger partial charge on any atom is -0.494 e. The standard InChI is InChI=1S/C5H7N2O/c1-2-4-3-5(8)7-6-4/h3H,1-2H2,(H2,6,7,8). The van der Waals surface area contributed by atoms with E-state index < -0.39 is 0 Å². The van der Waals surface area contributed by atoms with Crippen LogP contribution in [0.1, 0.15) is 5.69 Å². The summed E-state index contributed by atoms with van der Waals surface area (Å²) in [5, 5.41) is 14.7. The highest BCUT2D eigenvalue weighted by Gasteiger charge is 1.92. The van der Waals surface area contributed by atoms with E-state index in [-0.39, 0.29) is 5.88 Å². The van der Waals surface area contributed by atoms with Crippen LogP contribution in [0.3, 0.4) is 0 Å². The Hall–Kier alpha value is -0.990. The van der Waals surface area contributed by atoms with Crippen LogP contribution in [0.2, 0.25) is 0 Å². The Kier molecular flexibility index (Phi) is 1.20. The minimum absolute atomic E-state index is 0.101. The van der Waals surface area contributed by atoms with Gasteiger partial charge in [0.15, 0.2) is 0 Å². The summed E-state index contributed by atoms with van der Waals surface area (Å²) in [6.07, 6.45) is 0.608. The number of H-pyrrole nitrogens is 1. The average molecular weight is 111 g/mol. The van der Waals surface area contributed by atoms with Gasteiger partial charge in [0.05, 0.1) is 5.69 Å². The molecule has 0 unspecified atom stereocenters. The fourth-order valence-electron chi connectivity index (χ4n) is 0.480. The zero-order chi connectivity index (χ0) is 5.98. The van der Waals surface area contributed by atoms with Crippen LogP contribution in [-0.2, 0) is 6.42 Å². The Balaban J connectivity index is 2.84. The second-order valence-corrected chi connectivity index (χ2v) is 1.49. The van der Waals surface area contributed by atoms with Crippen LogP contribution in [0.25, 0.3) is 0 Å². The van der Waals surface area contributed by atoms with Gasteiger partial charge in [-0.25, -0.2) is 5.10 Å². The lowest BCUT2D eigenvalue weighted by atomic mass is 10.3. The molecule has 0 atom stereocenters. The first-order chi connectivity index (χ1) is 3.83. The SMILES string of the molecule is [CH2]Cc1cc(O)[nH]n1. The third-order valence-corrected chi connectivity index (χ3v) is 0.874. The van der Waals surface area contributed by atoms with Crippen molar-refractivity contribution in [1.82, 2.24) is 10.2 Å². The number of hydrogen-bond acceptors (Lipinski definition) is 2. The fourth-order valence-corrected chi connectivity index (χ4v) is 0.480. The molecule has 1 radical (unpaired) electrons. The molecule has 2 N–H and O–H groups in total. The van der Waals surface area contributed by atoms with Crippen molar-refractivity contribution >= 4 is 0 Å². The normalized spacial score (nSPS) is 9.62. The van der Waals surface area contributed by atoms with Gasteiger partial charge >= 0.3 is 0 Å². The predicted molar refractivity (Wildman–Crippen MR) is 29.3 cm³/mol. The molecule has 0 saturated heterocycles. The molecule has 8 heavy (non-hydrogen) atoms. The van der Waals surface area contributed by atoms with Crippen LogP contribution < -0.4 is 0 Å². The van der Waals surface area contributed by atoms with E-state index in [2.05, 4.69) is 17.1 Å². The van der Waals surface area contributed by atoms with Crippen LogP contribution in [0.4, 0.5) is 0 Å². The van der Waals surface area contributed by atoms with Crippen LogP contribution in [0.5, 0.6) is 5.88 Å². The van der Waals surface area contributed by atoms with Gasteiger partial charge in [-0.15, -0.1) is 0 Å². The molecule has 0 saturated carbocycles. The molecule has 0 bridgehead atoms. The number of rotatable bonds is 1. The maximum atomic E-state index is 8.64. The summed E-state index contributed by atoms with van der Waals surface area (Å²) in [6.45, 7) is 3.58. The molecule has 0 aliphatic carbocycles. The zero-order valence-corrected chi connectivity index (χ0v) is 4.39. The number of nitrogens with one attached hydrogen (secondary N) is 1. The number of hydrogen-bond donors (Lipinski definition) is 2. The number of aromatic amines is 1. The largest absolute Gasteiger partial charge is 0.494 e. The van der Waals surface area contributed by atoms with Crippen LogP contribution in [-0.4, -0.2) is 15.3 Å². The molecule has 0 spiro atoms. The van der Waals surface area contributed by atoms with Crippen molar-refractivity contribution in [2.45, 2.75) is 6.42 Å². The summed E-state index contributed by atoms with van der Waals surface area (Å²) in [5.41, 5.74) is 0.780. The maximum absolute atomic E-state index is 8.64. The van der Waals surface area contributed by atoms with Gasteiger partial charge in [0.1, 0.15) is 0 Å². The van der Waals surface area contributed by atoms with Gasteiger partial charge in [-0.2, -0.15) is 5.10 Å². The van der Waals surface area contributed by atoms with E-state index in [1.807, 2.05) is 0 Å². The minimum atomic E-state index is 0.101. The van der Waals surface area contributed by atoms with Crippen molar-refractivity contribution in [1.29, 1.82) is 0 Å². The summed E-state index contributed by atoms with van der Waals surface area (Å²) in [4.78, 5) is 0. The lowest BCUT2D eigenvalue weighted by molar-refractivity contribution is 0.452. The Bertz CT molecular complexity index is 171. The van der Waals surface area contributed by atoms with Crippen LogP contribution in [0.15, 0.2) is 6.07 Å². The predicted octanol–water partition coefficient (Wildman–Crippen LogP) is 0.492. The first-order valence-corrected chi connectivity index (χ1v) is 2.35. The van der Waals surface area contributed by atoms with Gasteiger partial charge in [-0.1, -0.05) is 0 Å². The molecule has 0 aliphatic rings. The van der Waals surface area contributed by atoms with Crippen molar-refractivity contribution in [2.24, 2.45) is 0 Å². The van der Waals surface area contributed by atoms with E-state index >= 15 is 0 Å². The molecule has 0 amide bonds. The zero-order valence-electron chi connectivity index (χ0n) is 4.39. The molecular formula is C5H7N2O. The Morgan fingerprint density at radius 2 is 2.62 bits per heavy atom. The van der Waals surface area contributed by atoms with Gasteiger partial charge < -0.3 is 5.11 Å². The molecule has 3 heteroatoms. The average Bonchev–Trinajstić information content (AvgIpc) is 2.14. The Morgan fingerprint density at radius 1 is 1.88 bits per heavy atom. The molecule has 0 aliphatic heterocycles. The van der Waals surface area contributed by atoms with E-state index in [1.54, 1.807) is 6.07 Å².